The molecule has 1 aromatic rings. The monoisotopic (exact) mass is 214 g/mol. The van der Waals surface area contributed by atoms with Crippen LogP contribution in [-0.4, -0.2) is 36.7 Å². The predicted molar refractivity (Wildman–Crippen MR) is 64.8 cm³/mol. The van der Waals surface area contributed by atoms with Crippen molar-refractivity contribution in [3.05, 3.63) is 48.0 Å². The number of rotatable bonds is 2. The van der Waals surface area contributed by atoms with Gasteiger partial charge in [0.15, 0.2) is 0 Å². The van der Waals surface area contributed by atoms with Gasteiger partial charge in [-0.3, -0.25) is 9.79 Å². The molecule has 1 heterocycles. The molecular formula is C13H14N2O. The van der Waals surface area contributed by atoms with Gasteiger partial charge in [-0.1, -0.05) is 24.3 Å². The molecule has 0 aliphatic carbocycles. The molecule has 0 radical (unpaired) electrons. The van der Waals surface area contributed by atoms with E-state index in [9.17, 15) is 4.79 Å². The maximum absolute atomic E-state index is 12.1. The van der Waals surface area contributed by atoms with E-state index in [1.165, 1.54) is 0 Å². The number of nitrogens with zero attached hydrogens (tertiary/aromatic N) is 2. The number of aliphatic imine (C=N–C) groups is 1. The summed E-state index contributed by atoms with van der Waals surface area (Å²) >= 11 is 0. The number of carbonyl (C=O) groups is 1. The Bertz CT molecular complexity index is 423. The zero-order valence-electron chi connectivity index (χ0n) is 9.21. The third-order valence-corrected chi connectivity index (χ3v) is 2.66. The van der Waals surface area contributed by atoms with Crippen LogP contribution in [0.25, 0.3) is 0 Å². The van der Waals surface area contributed by atoms with Crippen molar-refractivity contribution < 1.29 is 4.79 Å². The van der Waals surface area contributed by atoms with Crippen LogP contribution in [0.15, 0.2) is 47.5 Å². The predicted octanol–water partition coefficient (Wildman–Crippen LogP) is 1.77. The molecule has 0 spiro atoms. The van der Waals surface area contributed by atoms with Gasteiger partial charge in [0.2, 0.25) is 0 Å². The van der Waals surface area contributed by atoms with Crippen LogP contribution in [0.1, 0.15) is 10.4 Å². The van der Waals surface area contributed by atoms with Crippen molar-refractivity contribution in [3.63, 3.8) is 0 Å². The molecular weight excluding hydrogens is 200 g/mol. The number of hydrogen-bond donors (Lipinski definition) is 0. The summed E-state index contributed by atoms with van der Waals surface area (Å²) in [7, 11) is 1.81. The van der Waals surface area contributed by atoms with Crippen LogP contribution in [0.5, 0.6) is 0 Å². The van der Waals surface area contributed by atoms with Gasteiger partial charge in [0.1, 0.15) is 0 Å². The molecule has 0 saturated heterocycles. The standard InChI is InChI=1S/C13H14N2O/c1-15(12-8-5-9-14-10-12)13(16)11-6-3-2-4-7-11/h2-9,12H,10H2,1H3. The molecule has 0 fully saturated rings. The number of allylic oxidation sites excluding steroid dienone is 1. The van der Waals surface area contributed by atoms with E-state index in [4.69, 9.17) is 0 Å². The summed E-state index contributed by atoms with van der Waals surface area (Å²) in [5.74, 6) is 0.0346. The van der Waals surface area contributed by atoms with E-state index in [1.54, 1.807) is 11.1 Å². The van der Waals surface area contributed by atoms with Crippen molar-refractivity contribution in [1.29, 1.82) is 0 Å². The number of hydrogen-bond acceptors (Lipinski definition) is 2. The minimum absolute atomic E-state index is 0.0346. The van der Waals surface area contributed by atoms with E-state index in [0.717, 1.165) is 0 Å². The molecule has 3 heteroatoms. The zero-order valence-corrected chi connectivity index (χ0v) is 9.21. The Labute approximate surface area is 95.1 Å². The van der Waals surface area contributed by atoms with Crippen LogP contribution >= 0.6 is 0 Å². The Morgan fingerprint density at radius 1 is 1.38 bits per heavy atom. The number of carbonyl (C=O) groups excluding carboxylic acids is 1. The first-order valence-electron chi connectivity index (χ1n) is 5.28. The smallest absolute Gasteiger partial charge is 0.254 e. The average molecular weight is 214 g/mol. The number of likely N-dealkylation sites (N-methyl/N-ethyl adjacent to an activating group) is 1. The van der Waals surface area contributed by atoms with E-state index in [1.807, 2.05) is 49.5 Å². The maximum Gasteiger partial charge on any atom is 0.254 e. The molecule has 1 unspecified atom stereocenters. The Kier molecular flexibility index (Phi) is 3.15. The first kappa shape index (κ1) is 10.6. The first-order chi connectivity index (χ1) is 7.79. The van der Waals surface area contributed by atoms with E-state index < -0.39 is 0 Å². The SMILES string of the molecule is CN(C(=O)c1ccccc1)C1C=CC=NC1. The van der Waals surface area contributed by atoms with E-state index >= 15 is 0 Å². The second-order valence-corrected chi connectivity index (χ2v) is 3.75. The third-order valence-electron chi connectivity index (χ3n) is 2.66. The summed E-state index contributed by atoms with van der Waals surface area (Å²) in [6, 6.07) is 9.37. The van der Waals surface area contributed by atoms with Crippen LogP contribution in [0.2, 0.25) is 0 Å². The Morgan fingerprint density at radius 2 is 2.12 bits per heavy atom. The van der Waals surface area contributed by atoms with Crippen molar-refractivity contribution in [2.24, 2.45) is 4.99 Å². The van der Waals surface area contributed by atoms with Crippen LogP contribution in [0.3, 0.4) is 0 Å². The quantitative estimate of drug-likeness (QED) is 0.738. The second kappa shape index (κ2) is 4.75. The van der Waals surface area contributed by atoms with Crippen LogP contribution in [0.4, 0.5) is 0 Å². The summed E-state index contributed by atoms with van der Waals surface area (Å²) in [4.78, 5) is 18.0. The fourth-order valence-electron chi connectivity index (χ4n) is 1.66. The molecule has 1 atom stereocenters. The number of amides is 1. The Morgan fingerprint density at radius 3 is 2.75 bits per heavy atom. The highest BCUT2D eigenvalue weighted by atomic mass is 16.2. The topological polar surface area (TPSA) is 32.7 Å². The largest absolute Gasteiger partial charge is 0.333 e. The molecule has 1 aliphatic heterocycles. The summed E-state index contributed by atoms with van der Waals surface area (Å²) < 4.78 is 0. The second-order valence-electron chi connectivity index (χ2n) is 3.75. The van der Waals surface area contributed by atoms with Gasteiger partial charge in [-0.25, -0.2) is 0 Å². The fraction of sp³-hybridized carbons (Fsp3) is 0.231. The van der Waals surface area contributed by atoms with Gasteiger partial charge in [0.05, 0.1) is 12.6 Å². The fourth-order valence-corrected chi connectivity index (χ4v) is 1.66. The normalized spacial score (nSPS) is 18.4. The molecule has 1 amide bonds. The lowest BCUT2D eigenvalue weighted by molar-refractivity contribution is 0.0764. The van der Waals surface area contributed by atoms with Gasteiger partial charge in [-0.15, -0.1) is 0 Å². The van der Waals surface area contributed by atoms with Gasteiger partial charge < -0.3 is 4.90 Å². The van der Waals surface area contributed by atoms with Crippen LogP contribution in [-0.2, 0) is 0 Å². The minimum Gasteiger partial charge on any atom is -0.333 e. The first-order valence-corrected chi connectivity index (χ1v) is 5.28. The lowest BCUT2D eigenvalue weighted by Crippen LogP contribution is -2.38. The van der Waals surface area contributed by atoms with Gasteiger partial charge in [-0.2, -0.15) is 0 Å². The molecule has 82 valence electrons. The minimum atomic E-state index is 0.0346. The van der Waals surface area contributed by atoms with Crippen molar-refractivity contribution in [1.82, 2.24) is 4.90 Å². The van der Waals surface area contributed by atoms with Gasteiger partial charge in [0.25, 0.3) is 5.91 Å². The molecule has 1 aliphatic rings. The highest BCUT2D eigenvalue weighted by Crippen LogP contribution is 2.09. The van der Waals surface area contributed by atoms with Crippen molar-refractivity contribution in [3.8, 4) is 0 Å². The summed E-state index contributed by atoms with van der Waals surface area (Å²) in [6.07, 6.45) is 5.63. The Hall–Kier alpha value is -1.90. The van der Waals surface area contributed by atoms with Crippen molar-refractivity contribution in [2.75, 3.05) is 13.6 Å². The molecule has 0 saturated carbocycles. The van der Waals surface area contributed by atoms with Crippen LogP contribution < -0.4 is 0 Å². The van der Waals surface area contributed by atoms with Crippen LogP contribution in [0, 0.1) is 0 Å². The molecule has 1 aromatic carbocycles. The summed E-state index contributed by atoms with van der Waals surface area (Å²) in [5, 5.41) is 0. The van der Waals surface area contributed by atoms with Gasteiger partial charge >= 0.3 is 0 Å². The molecule has 0 N–H and O–H groups in total. The third kappa shape index (κ3) is 2.19. The van der Waals surface area contributed by atoms with Gasteiger partial charge in [0, 0.05) is 18.8 Å². The van der Waals surface area contributed by atoms with Crippen molar-refractivity contribution in [2.45, 2.75) is 6.04 Å². The maximum atomic E-state index is 12.1. The Balaban J connectivity index is 2.10. The summed E-state index contributed by atoms with van der Waals surface area (Å²) in [5.41, 5.74) is 0.716. The lowest BCUT2D eigenvalue weighted by Gasteiger charge is -2.25. The lowest BCUT2D eigenvalue weighted by atomic mass is 10.1. The molecule has 16 heavy (non-hydrogen) atoms. The summed E-state index contributed by atoms with van der Waals surface area (Å²) in [6.45, 7) is 0.644. The average Bonchev–Trinajstić information content (AvgIpc) is 2.39. The van der Waals surface area contributed by atoms with Crippen molar-refractivity contribution >= 4 is 12.1 Å². The number of dihydropyridines is 1. The molecule has 0 bridgehead atoms. The molecule has 0 aromatic heterocycles. The zero-order chi connectivity index (χ0) is 11.4. The molecule has 2 rings (SSSR count). The van der Waals surface area contributed by atoms with Gasteiger partial charge in [-0.05, 0) is 18.2 Å². The van der Waals surface area contributed by atoms with E-state index in [2.05, 4.69) is 4.99 Å². The van der Waals surface area contributed by atoms with E-state index in [0.29, 0.717) is 12.1 Å². The highest BCUT2D eigenvalue weighted by molar-refractivity contribution is 5.94. The highest BCUT2D eigenvalue weighted by Gasteiger charge is 2.18. The number of benzene rings is 1. The van der Waals surface area contributed by atoms with E-state index in [-0.39, 0.29) is 11.9 Å². The molecule has 3 nitrogen and oxygen atoms in total.